The first kappa shape index (κ1) is 9.98. The third kappa shape index (κ3) is 1.80. The molecule has 2 rings (SSSR count). The molecular formula is C7H10ClN3O2. The molecule has 0 fully saturated rings. The normalized spacial score (nSPS) is 20.2. The molecule has 1 aromatic rings. The van der Waals surface area contributed by atoms with Crippen molar-refractivity contribution in [2.24, 2.45) is 5.92 Å². The number of fused-ring (bicyclic) bond motifs is 1. The minimum atomic E-state index is -0.732. The van der Waals surface area contributed by atoms with E-state index in [-0.39, 0.29) is 18.3 Å². The third-order valence-electron chi connectivity index (χ3n) is 2.16. The SMILES string of the molecule is Cl.O=C(O)C1CCn2ncnc2C1. The molecule has 1 aliphatic rings. The lowest BCUT2D eigenvalue weighted by Crippen LogP contribution is -2.26. The zero-order valence-corrected chi connectivity index (χ0v) is 7.70. The zero-order valence-electron chi connectivity index (χ0n) is 6.88. The molecule has 0 saturated carbocycles. The Kier molecular flexibility index (Phi) is 2.87. The van der Waals surface area contributed by atoms with Gasteiger partial charge in [-0.2, -0.15) is 5.10 Å². The Morgan fingerprint density at radius 2 is 2.46 bits per heavy atom. The molecule has 0 radical (unpaired) electrons. The highest BCUT2D eigenvalue weighted by Gasteiger charge is 2.25. The van der Waals surface area contributed by atoms with Crippen LogP contribution in [0.4, 0.5) is 0 Å². The molecule has 6 heteroatoms. The first-order chi connectivity index (χ1) is 5.77. The van der Waals surface area contributed by atoms with Gasteiger partial charge in [-0.15, -0.1) is 12.4 Å². The van der Waals surface area contributed by atoms with Crippen LogP contribution in [0.5, 0.6) is 0 Å². The summed E-state index contributed by atoms with van der Waals surface area (Å²) in [6, 6.07) is 0. The van der Waals surface area contributed by atoms with E-state index in [1.807, 2.05) is 0 Å². The smallest absolute Gasteiger partial charge is 0.307 e. The topological polar surface area (TPSA) is 68.0 Å². The number of hydrogen-bond donors (Lipinski definition) is 1. The van der Waals surface area contributed by atoms with Crippen LogP contribution in [0.2, 0.25) is 0 Å². The van der Waals surface area contributed by atoms with Crippen LogP contribution in [0.3, 0.4) is 0 Å². The minimum absolute atomic E-state index is 0. The number of halogens is 1. The summed E-state index contributed by atoms with van der Waals surface area (Å²) in [6.45, 7) is 0.673. The molecule has 13 heavy (non-hydrogen) atoms. The minimum Gasteiger partial charge on any atom is -0.481 e. The quantitative estimate of drug-likeness (QED) is 0.715. The highest BCUT2D eigenvalue weighted by molar-refractivity contribution is 5.85. The number of aryl methyl sites for hydroxylation is 1. The number of carboxylic acids is 1. The van der Waals surface area contributed by atoms with Gasteiger partial charge in [-0.25, -0.2) is 4.98 Å². The first-order valence-electron chi connectivity index (χ1n) is 3.87. The zero-order chi connectivity index (χ0) is 8.55. The van der Waals surface area contributed by atoms with Crippen molar-refractivity contribution in [1.29, 1.82) is 0 Å². The molecule has 1 aliphatic heterocycles. The molecule has 0 saturated heterocycles. The molecule has 1 aromatic heterocycles. The van der Waals surface area contributed by atoms with E-state index in [1.165, 1.54) is 6.33 Å². The Morgan fingerprint density at radius 3 is 3.15 bits per heavy atom. The van der Waals surface area contributed by atoms with Crippen molar-refractivity contribution in [3.05, 3.63) is 12.2 Å². The Hall–Kier alpha value is -1.10. The molecule has 0 aliphatic carbocycles. The number of nitrogens with zero attached hydrogens (tertiary/aromatic N) is 3. The second-order valence-corrected chi connectivity index (χ2v) is 2.93. The van der Waals surface area contributed by atoms with Crippen molar-refractivity contribution in [2.45, 2.75) is 19.4 Å². The fourth-order valence-corrected chi connectivity index (χ4v) is 1.44. The van der Waals surface area contributed by atoms with E-state index in [0.717, 1.165) is 5.82 Å². The van der Waals surface area contributed by atoms with Gasteiger partial charge in [0, 0.05) is 13.0 Å². The van der Waals surface area contributed by atoms with Gasteiger partial charge in [-0.3, -0.25) is 9.48 Å². The van der Waals surface area contributed by atoms with Crippen molar-refractivity contribution in [1.82, 2.24) is 14.8 Å². The van der Waals surface area contributed by atoms with Crippen LogP contribution in [0.15, 0.2) is 6.33 Å². The Bertz CT molecular complexity index is 312. The summed E-state index contributed by atoms with van der Waals surface area (Å²) >= 11 is 0. The molecule has 1 atom stereocenters. The summed E-state index contributed by atoms with van der Waals surface area (Å²) in [6.07, 6.45) is 2.64. The van der Waals surface area contributed by atoms with Gasteiger partial charge >= 0.3 is 5.97 Å². The Labute approximate surface area is 81.2 Å². The molecule has 5 nitrogen and oxygen atoms in total. The van der Waals surface area contributed by atoms with E-state index in [2.05, 4.69) is 10.1 Å². The molecule has 0 amide bonds. The van der Waals surface area contributed by atoms with Gasteiger partial charge in [-0.1, -0.05) is 0 Å². The maximum absolute atomic E-state index is 10.6. The van der Waals surface area contributed by atoms with Crippen LogP contribution in [0, 0.1) is 5.92 Å². The summed E-state index contributed by atoms with van der Waals surface area (Å²) in [5.74, 6) is -0.223. The monoisotopic (exact) mass is 203 g/mol. The lowest BCUT2D eigenvalue weighted by molar-refractivity contribution is -0.142. The average Bonchev–Trinajstić information content (AvgIpc) is 2.49. The van der Waals surface area contributed by atoms with Crippen LogP contribution >= 0.6 is 12.4 Å². The van der Waals surface area contributed by atoms with Gasteiger partial charge < -0.3 is 5.11 Å². The van der Waals surface area contributed by atoms with Crippen LogP contribution in [-0.2, 0) is 17.8 Å². The molecule has 0 spiro atoms. The van der Waals surface area contributed by atoms with Gasteiger partial charge in [0.05, 0.1) is 5.92 Å². The van der Waals surface area contributed by atoms with E-state index in [4.69, 9.17) is 5.11 Å². The molecule has 0 aromatic carbocycles. The van der Waals surface area contributed by atoms with Crippen LogP contribution in [-0.4, -0.2) is 25.8 Å². The van der Waals surface area contributed by atoms with Gasteiger partial charge in [-0.05, 0) is 6.42 Å². The molecule has 72 valence electrons. The number of aliphatic carboxylic acids is 1. The maximum Gasteiger partial charge on any atom is 0.307 e. The number of hydrogen-bond acceptors (Lipinski definition) is 3. The van der Waals surface area contributed by atoms with Gasteiger partial charge in [0.2, 0.25) is 0 Å². The lowest BCUT2D eigenvalue weighted by atomic mass is 9.99. The van der Waals surface area contributed by atoms with Crippen molar-refractivity contribution < 1.29 is 9.90 Å². The van der Waals surface area contributed by atoms with Crippen molar-refractivity contribution in [2.75, 3.05) is 0 Å². The Balaban J connectivity index is 0.000000845. The summed E-state index contributed by atoms with van der Waals surface area (Å²) in [4.78, 5) is 14.6. The summed E-state index contributed by atoms with van der Waals surface area (Å²) in [7, 11) is 0. The van der Waals surface area contributed by atoms with Crippen molar-refractivity contribution in [3.8, 4) is 0 Å². The van der Waals surface area contributed by atoms with Crippen molar-refractivity contribution >= 4 is 18.4 Å². The average molecular weight is 204 g/mol. The summed E-state index contributed by atoms with van der Waals surface area (Å²) < 4.78 is 1.76. The lowest BCUT2D eigenvalue weighted by Gasteiger charge is -2.17. The highest BCUT2D eigenvalue weighted by atomic mass is 35.5. The van der Waals surface area contributed by atoms with Crippen LogP contribution in [0.1, 0.15) is 12.2 Å². The summed E-state index contributed by atoms with van der Waals surface area (Å²) in [5.41, 5.74) is 0. The number of rotatable bonds is 1. The fourth-order valence-electron chi connectivity index (χ4n) is 1.44. The number of aromatic nitrogens is 3. The largest absolute Gasteiger partial charge is 0.481 e. The fraction of sp³-hybridized carbons (Fsp3) is 0.571. The first-order valence-corrected chi connectivity index (χ1v) is 3.87. The molecule has 1 unspecified atom stereocenters. The Morgan fingerprint density at radius 1 is 1.69 bits per heavy atom. The van der Waals surface area contributed by atoms with E-state index in [0.29, 0.717) is 19.4 Å². The predicted octanol–water partition coefficient (Wildman–Crippen LogP) is 0.347. The maximum atomic E-state index is 10.6. The predicted molar refractivity (Wildman–Crippen MR) is 46.7 cm³/mol. The van der Waals surface area contributed by atoms with Crippen LogP contribution < -0.4 is 0 Å². The van der Waals surface area contributed by atoms with E-state index in [9.17, 15) is 4.79 Å². The number of carbonyl (C=O) groups is 1. The summed E-state index contributed by atoms with van der Waals surface area (Å²) in [5, 5.41) is 12.7. The van der Waals surface area contributed by atoms with E-state index < -0.39 is 5.97 Å². The second kappa shape index (κ2) is 3.74. The van der Waals surface area contributed by atoms with Crippen molar-refractivity contribution in [3.63, 3.8) is 0 Å². The van der Waals surface area contributed by atoms with E-state index >= 15 is 0 Å². The molecule has 0 bridgehead atoms. The van der Waals surface area contributed by atoms with E-state index in [1.54, 1.807) is 4.68 Å². The van der Waals surface area contributed by atoms with Gasteiger partial charge in [0.15, 0.2) is 0 Å². The molecule has 2 heterocycles. The van der Waals surface area contributed by atoms with Crippen LogP contribution in [0.25, 0.3) is 0 Å². The van der Waals surface area contributed by atoms with Gasteiger partial charge in [0.1, 0.15) is 12.2 Å². The third-order valence-corrected chi connectivity index (χ3v) is 2.16. The second-order valence-electron chi connectivity index (χ2n) is 2.93. The van der Waals surface area contributed by atoms with Gasteiger partial charge in [0.25, 0.3) is 0 Å². The highest BCUT2D eigenvalue weighted by Crippen LogP contribution is 2.17. The standard InChI is InChI=1S/C7H9N3O2.ClH/c11-7(12)5-1-2-10-6(3-5)8-4-9-10;/h4-5H,1-3H2,(H,11,12);1H. The molecule has 1 N–H and O–H groups in total. The molecular weight excluding hydrogens is 194 g/mol. The number of carboxylic acid groups (broad SMARTS) is 1.